The fourth-order valence-corrected chi connectivity index (χ4v) is 1.83. The van der Waals surface area contributed by atoms with Crippen LogP contribution in [-0.4, -0.2) is 29.3 Å². The highest BCUT2D eigenvalue weighted by molar-refractivity contribution is 5.78. The van der Waals surface area contributed by atoms with Gasteiger partial charge in [-0.25, -0.2) is 0 Å². The van der Waals surface area contributed by atoms with E-state index in [0.717, 1.165) is 12.8 Å². The van der Waals surface area contributed by atoms with Gasteiger partial charge in [0.1, 0.15) is 5.54 Å². The molecule has 4 heteroatoms. The highest BCUT2D eigenvalue weighted by Gasteiger charge is 2.39. The molecule has 0 aliphatic heterocycles. The first-order valence-electron chi connectivity index (χ1n) is 4.72. The Balaban J connectivity index is 2.54. The van der Waals surface area contributed by atoms with E-state index in [0.29, 0.717) is 19.4 Å². The van der Waals surface area contributed by atoms with E-state index in [1.54, 1.807) is 0 Å². The number of ether oxygens (including phenoxy) is 1. The van der Waals surface area contributed by atoms with Crippen molar-refractivity contribution in [1.82, 2.24) is 0 Å². The van der Waals surface area contributed by atoms with E-state index in [9.17, 15) is 4.79 Å². The molecule has 3 N–H and O–H groups in total. The zero-order valence-corrected chi connectivity index (χ0v) is 7.95. The smallest absolute Gasteiger partial charge is 0.323 e. The molecule has 0 saturated heterocycles. The topological polar surface area (TPSA) is 72.5 Å². The van der Waals surface area contributed by atoms with Crippen LogP contribution in [0.2, 0.25) is 0 Å². The van der Waals surface area contributed by atoms with Crippen molar-refractivity contribution >= 4 is 5.97 Å². The maximum absolute atomic E-state index is 10.8. The molecule has 0 heterocycles. The SMILES string of the molecule is CCOC1CCCC(N)(C(=O)O)C1. The Kier molecular flexibility index (Phi) is 3.27. The Morgan fingerprint density at radius 2 is 2.46 bits per heavy atom. The minimum Gasteiger partial charge on any atom is -0.480 e. The molecule has 2 atom stereocenters. The van der Waals surface area contributed by atoms with Crippen LogP contribution in [0.5, 0.6) is 0 Å². The summed E-state index contributed by atoms with van der Waals surface area (Å²) in [5.41, 5.74) is 4.69. The Labute approximate surface area is 78.1 Å². The van der Waals surface area contributed by atoms with Gasteiger partial charge in [-0.2, -0.15) is 0 Å². The number of nitrogens with two attached hydrogens (primary N) is 1. The van der Waals surface area contributed by atoms with Crippen LogP contribution >= 0.6 is 0 Å². The average molecular weight is 187 g/mol. The van der Waals surface area contributed by atoms with Crippen molar-refractivity contribution < 1.29 is 14.6 Å². The van der Waals surface area contributed by atoms with E-state index in [1.165, 1.54) is 0 Å². The lowest BCUT2D eigenvalue weighted by Gasteiger charge is -2.34. The molecule has 0 bridgehead atoms. The van der Waals surface area contributed by atoms with Gasteiger partial charge in [-0.3, -0.25) is 4.79 Å². The minimum absolute atomic E-state index is 0.0276. The molecule has 76 valence electrons. The summed E-state index contributed by atoms with van der Waals surface area (Å²) in [5.74, 6) is -0.906. The molecule has 0 spiro atoms. The minimum atomic E-state index is -1.06. The molecular formula is C9H17NO3. The highest BCUT2D eigenvalue weighted by Crippen LogP contribution is 2.28. The third-order valence-corrected chi connectivity index (χ3v) is 2.57. The first-order valence-corrected chi connectivity index (χ1v) is 4.72. The Morgan fingerprint density at radius 1 is 1.77 bits per heavy atom. The molecule has 0 amide bonds. The molecule has 2 unspecified atom stereocenters. The molecule has 13 heavy (non-hydrogen) atoms. The molecule has 1 fully saturated rings. The lowest BCUT2D eigenvalue weighted by molar-refractivity contribution is -0.146. The van der Waals surface area contributed by atoms with Crippen LogP contribution in [-0.2, 0) is 9.53 Å². The van der Waals surface area contributed by atoms with E-state index in [4.69, 9.17) is 15.6 Å². The monoisotopic (exact) mass is 187 g/mol. The Bertz CT molecular complexity index is 193. The molecule has 0 radical (unpaired) electrons. The number of carboxylic acid groups (broad SMARTS) is 1. The van der Waals surface area contributed by atoms with Crippen LogP contribution in [0.15, 0.2) is 0 Å². The third kappa shape index (κ3) is 2.42. The van der Waals surface area contributed by atoms with Gasteiger partial charge in [0.2, 0.25) is 0 Å². The van der Waals surface area contributed by atoms with Gasteiger partial charge >= 0.3 is 5.97 Å². The molecule has 0 aromatic rings. The van der Waals surface area contributed by atoms with E-state index in [-0.39, 0.29) is 6.10 Å². The van der Waals surface area contributed by atoms with Gasteiger partial charge in [-0.05, 0) is 26.2 Å². The average Bonchev–Trinajstić information content (AvgIpc) is 2.04. The Hall–Kier alpha value is -0.610. The lowest BCUT2D eigenvalue weighted by atomic mass is 9.81. The van der Waals surface area contributed by atoms with Crippen LogP contribution < -0.4 is 5.73 Å². The molecular weight excluding hydrogens is 170 g/mol. The summed E-state index contributed by atoms with van der Waals surface area (Å²) in [6.45, 7) is 2.54. The molecule has 1 saturated carbocycles. The number of hydrogen-bond acceptors (Lipinski definition) is 3. The molecule has 4 nitrogen and oxygen atoms in total. The summed E-state index contributed by atoms with van der Waals surface area (Å²) in [6.07, 6.45) is 2.80. The maximum Gasteiger partial charge on any atom is 0.323 e. The Morgan fingerprint density at radius 3 is 3.00 bits per heavy atom. The van der Waals surface area contributed by atoms with Crippen molar-refractivity contribution in [2.75, 3.05) is 6.61 Å². The summed E-state index contributed by atoms with van der Waals surface area (Å²) in [7, 11) is 0. The van der Waals surface area contributed by atoms with Gasteiger partial charge in [-0.15, -0.1) is 0 Å². The second-order valence-corrected chi connectivity index (χ2v) is 3.63. The zero-order valence-electron chi connectivity index (χ0n) is 7.95. The van der Waals surface area contributed by atoms with E-state index < -0.39 is 11.5 Å². The predicted molar refractivity (Wildman–Crippen MR) is 48.4 cm³/mol. The van der Waals surface area contributed by atoms with Gasteiger partial charge < -0.3 is 15.6 Å². The predicted octanol–water partition coefficient (Wildman–Crippen LogP) is 0.748. The van der Waals surface area contributed by atoms with Gasteiger partial charge in [0.15, 0.2) is 0 Å². The summed E-state index contributed by atoms with van der Waals surface area (Å²) in [5, 5.41) is 8.90. The molecule has 1 rings (SSSR count). The zero-order chi connectivity index (χ0) is 9.90. The molecule has 0 aromatic carbocycles. The van der Waals surface area contributed by atoms with Crippen molar-refractivity contribution in [3.63, 3.8) is 0 Å². The third-order valence-electron chi connectivity index (χ3n) is 2.57. The standard InChI is InChI=1S/C9H17NO3/c1-2-13-7-4-3-5-9(10,6-7)8(11)12/h7H,2-6,10H2,1H3,(H,11,12). The first kappa shape index (κ1) is 10.5. The summed E-state index contributed by atoms with van der Waals surface area (Å²) in [4.78, 5) is 10.8. The van der Waals surface area contributed by atoms with Gasteiger partial charge in [-0.1, -0.05) is 0 Å². The van der Waals surface area contributed by atoms with Crippen molar-refractivity contribution in [3.05, 3.63) is 0 Å². The lowest BCUT2D eigenvalue weighted by Crippen LogP contribution is -2.52. The molecule has 1 aliphatic carbocycles. The molecule has 1 aliphatic rings. The number of hydrogen-bond donors (Lipinski definition) is 2. The van der Waals surface area contributed by atoms with Crippen molar-refractivity contribution in [2.45, 2.75) is 44.2 Å². The highest BCUT2D eigenvalue weighted by atomic mass is 16.5. The summed E-state index contributed by atoms with van der Waals surface area (Å²) >= 11 is 0. The summed E-state index contributed by atoms with van der Waals surface area (Å²) < 4.78 is 5.39. The fourth-order valence-electron chi connectivity index (χ4n) is 1.83. The number of carboxylic acids is 1. The van der Waals surface area contributed by atoms with E-state index >= 15 is 0 Å². The number of rotatable bonds is 3. The summed E-state index contributed by atoms with van der Waals surface area (Å²) in [6, 6.07) is 0. The van der Waals surface area contributed by atoms with Crippen LogP contribution in [0.25, 0.3) is 0 Å². The first-order chi connectivity index (χ1) is 6.08. The van der Waals surface area contributed by atoms with E-state index in [1.807, 2.05) is 6.92 Å². The fraction of sp³-hybridized carbons (Fsp3) is 0.889. The van der Waals surface area contributed by atoms with Crippen LogP contribution in [0.1, 0.15) is 32.6 Å². The van der Waals surface area contributed by atoms with Crippen LogP contribution in [0.4, 0.5) is 0 Å². The van der Waals surface area contributed by atoms with E-state index in [2.05, 4.69) is 0 Å². The largest absolute Gasteiger partial charge is 0.480 e. The second-order valence-electron chi connectivity index (χ2n) is 3.63. The van der Waals surface area contributed by atoms with Crippen molar-refractivity contribution in [1.29, 1.82) is 0 Å². The van der Waals surface area contributed by atoms with Gasteiger partial charge in [0, 0.05) is 13.0 Å². The van der Waals surface area contributed by atoms with Gasteiger partial charge in [0.25, 0.3) is 0 Å². The molecule has 0 aromatic heterocycles. The number of aliphatic carboxylic acids is 1. The van der Waals surface area contributed by atoms with Crippen molar-refractivity contribution in [3.8, 4) is 0 Å². The van der Waals surface area contributed by atoms with Crippen molar-refractivity contribution in [2.24, 2.45) is 5.73 Å². The van der Waals surface area contributed by atoms with Crippen LogP contribution in [0.3, 0.4) is 0 Å². The van der Waals surface area contributed by atoms with Gasteiger partial charge in [0.05, 0.1) is 6.10 Å². The number of carbonyl (C=O) groups is 1. The normalized spacial score (nSPS) is 34.5. The van der Waals surface area contributed by atoms with Crippen LogP contribution in [0, 0.1) is 0 Å². The second kappa shape index (κ2) is 4.07. The quantitative estimate of drug-likeness (QED) is 0.683. The maximum atomic E-state index is 10.8.